The summed E-state index contributed by atoms with van der Waals surface area (Å²) in [6, 6.07) is 33.4. The lowest BCUT2D eigenvalue weighted by Crippen LogP contribution is -2.58. The number of unbranched alkanes of at least 4 members (excludes halogenated alkanes) is 3. The van der Waals surface area contributed by atoms with Gasteiger partial charge in [0.2, 0.25) is 47.3 Å². The number of ether oxygens (including phenoxy) is 4. The number of alkyl carbamates (subject to hydrolysis) is 4. The summed E-state index contributed by atoms with van der Waals surface area (Å²) in [4.78, 5) is 179. The predicted octanol–water partition coefficient (Wildman–Crippen LogP) is 1.12. The van der Waals surface area contributed by atoms with Crippen molar-refractivity contribution in [3.8, 4) is 0 Å². The summed E-state index contributed by atoms with van der Waals surface area (Å²) in [7, 11) is 0. The number of aliphatic imine (C=N–C) groups is 3. The van der Waals surface area contributed by atoms with Gasteiger partial charge in [-0.3, -0.25) is 58.7 Å². The number of primary amides is 1. The average molecular weight is 1710 g/mol. The molecule has 5 aromatic carbocycles. The number of carbonyl (C=O) groups is 12. The molecule has 0 aromatic heterocycles. The first kappa shape index (κ1) is 99.6. The van der Waals surface area contributed by atoms with Gasteiger partial charge in [-0.25, -0.2) is 19.2 Å². The molecule has 0 saturated heterocycles. The van der Waals surface area contributed by atoms with Gasteiger partial charge in [0.05, 0.1) is 0 Å². The molecule has 0 aliphatic rings. The highest BCUT2D eigenvalue weighted by atomic mass is 16.6. The molecule has 1 unspecified atom stereocenters. The van der Waals surface area contributed by atoms with Crippen LogP contribution in [-0.4, -0.2) is 190 Å². The molecule has 0 fully saturated rings. The number of rotatable bonds is 57. The van der Waals surface area contributed by atoms with Crippen molar-refractivity contribution in [2.45, 2.75) is 190 Å². The molecular formula is C83H120N24O16. The van der Waals surface area contributed by atoms with Gasteiger partial charge in [0.15, 0.2) is 23.8 Å². The lowest BCUT2D eigenvalue weighted by atomic mass is 10.0. The summed E-state index contributed by atoms with van der Waals surface area (Å²) < 4.78 is 21.7. The van der Waals surface area contributed by atoms with Gasteiger partial charge in [-0.2, -0.15) is 0 Å². The number of nitrogens with two attached hydrogens (primary N) is 8. The molecule has 5 rings (SSSR count). The molecule has 0 radical (unpaired) electrons. The lowest BCUT2D eigenvalue weighted by molar-refractivity contribution is -0.134. The van der Waals surface area contributed by atoms with Crippen molar-refractivity contribution in [1.82, 2.24) is 63.8 Å². The molecule has 29 N–H and O–H groups in total. The first-order valence-corrected chi connectivity index (χ1v) is 40.7. The quantitative estimate of drug-likeness (QED) is 0.0112. The molecule has 5 aromatic rings. The molecular weight excluding hydrogens is 1590 g/mol. The maximum atomic E-state index is 15.1. The second kappa shape index (κ2) is 58.0. The molecule has 40 heteroatoms. The van der Waals surface area contributed by atoms with E-state index in [0.29, 0.717) is 40.7 Å². The van der Waals surface area contributed by atoms with Crippen molar-refractivity contribution in [3.05, 3.63) is 179 Å². The van der Waals surface area contributed by atoms with Crippen molar-refractivity contribution < 1.29 is 76.5 Å². The fraction of sp³-hybridized carbons (Fsp3) is 0.446. The van der Waals surface area contributed by atoms with Crippen molar-refractivity contribution in [2.24, 2.45) is 60.8 Å². The molecule has 40 nitrogen and oxygen atoms in total. The molecule has 0 aliphatic carbocycles. The first-order valence-electron chi connectivity index (χ1n) is 40.7. The van der Waals surface area contributed by atoms with Crippen LogP contribution in [-0.2, 0) is 90.2 Å². The fourth-order valence-electron chi connectivity index (χ4n) is 12.1. The molecule has 12 amide bonds. The Balaban J connectivity index is 1.41. The Morgan fingerprint density at radius 2 is 0.496 bits per heavy atom. The van der Waals surface area contributed by atoms with E-state index in [2.05, 4.69) is 78.8 Å². The fourth-order valence-corrected chi connectivity index (χ4v) is 12.1. The zero-order valence-corrected chi connectivity index (χ0v) is 69.1. The lowest BCUT2D eigenvalue weighted by Gasteiger charge is -2.26. The van der Waals surface area contributed by atoms with Crippen LogP contribution in [0.2, 0.25) is 0 Å². The summed E-state index contributed by atoms with van der Waals surface area (Å²) in [5, 5.41) is 40.0. The number of hydrogen-bond donors (Lipinski definition) is 21. The predicted molar refractivity (Wildman–Crippen MR) is 461 cm³/mol. The largest absolute Gasteiger partial charge is 0.445 e. The van der Waals surface area contributed by atoms with Crippen molar-refractivity contribution in [2.75, 3.05) is 45.8 Å². The monoisotopic (exact) mass is 1710 g/mol. The summed E-state index contributed by atoms with van der Waals surface area (Å²) >= 11 is 0. The van der Waals surface area contributed by atoms with Crippen LogP contribution < -0.4 is 110 Å². The Hall–Kier alpha value is -14.0. The Morgan fingerprint density at radius 1 is 0.268 bits per heavy atom. The molecule has 0 aliphatic heterocycles. The molecule has 668 valence electrons. The van der Waals surface area contributed by atoms with Gasteiger partial charge in [-0.05, 0) is 137 Å². The van der Waals surface area contributed by atoms with Crippen LogP contribution in [0.4, 0.5) is 19.2 Å². The highest BCUT2D eigenvalue weighted by molar-refractivity contribution is 5.96. The number of carbonyl (C=O) groups excluding carboxylic acids is 12. The van der Waals surface area contributed by atoms with Gasteiger partial charge in [0.1, 0.15) is 74.8 Å². The second-order valence-electron chi connectivity index (χ2n) is 28.6. The van der Waals surface area contributed by atoms with Crippen molar-refractivity contribution in [3.63, 3.8) is 0 Å². The number of nitrogens with zero attached hydrogens (tertiary/aromatic N) is 3. The van der Waals surface area contributed by atoms with Crippen molar-refractivity contribution >= 4 is 95.5 Å². The number of hydrogen-bond acceptors (Lipinski definition) is 20. The number of benzene rings is 5. The van der Waals surface area contributed by atoms with Crippen molar-refractivity contribution in [1.29, 1.82) is 5.41 Å². The van der Waals surface area contributed by atoms with E-state index in [1.165, 1.54) is 0 Å². The van der Waals surface area contributed by atoms with Gasteiger partial charge in [0.25, 0.3) is 0 Å². The standard InChI is InChI=1S/C83H120N24O16/c84-68(108)67(50-55-26-6-1-7-27-55)103-73(113)64(101-72(112)63(102-75(115)66(42-25-49-99-79(91)92)107-83(119)123-54-59-34-14-5-15-35-59)37-17-21-45-95-71(111)62(40-23-47-97-77(87)88)105-81(117)121-52-57-30-10-3-11-31-57)38-18-20-43-93-69(109)60(100-74(114)65(41-24-48-98-78(89)90)106-82(118)122-53-58-32-12-4-13-33-58)36-16-19-44-94-70(110)61(39-22-46-96-76(85)86)104-80(116)120-51-56-28-8-2-9-29-56/h1-15,26-35,60-67H,16-25,36-54H2,(H2,84,108)(H,93,109)(H,94,110)(H,95,111)(H,100,114)(H,101,112)(H,102,115)(H,103,113)(H,104,116)(H,105,117)(H,106,118)(H,107,119)(H4,85,86,96)(H4,87,88,97)(H4,89,90,98)(H4,91,92,99)/t60-,61+,62?,63-,64-,65+,66+,67-/m1/s1. The highest BCUT2D eigenvalue weighted by Gasteiger charge is 2.33. The Bertz CT molecular complexity index is 4190. The molecule has 0 spiro atoms. The number of nitrogens with one attached hydrogen (secondary N) is 13. The third-order valence-corrected chi connectivity index (χ3v) is 18.6. The molecule has 0 heterocycles. The minimum absolute atomic E-state index is 0.0238. The first-order chi connectivity index (χ1) is 59.2. The van der Waals surface area contributed by atoms with Gasteiger partial charge in [-0.15, -0.1) is 0 Å². The van der Waals surface area contributed by atoms with Gasteiger partial charge < -0.3 is 129 Å². The van der Waals surface area contributed by atoms with E-state index in [1.807, 2.05) is 6.07 Å². The molecule has 0 bridgehead atoms. The van der Waals surface area contributed by atoms with Crippen LogP contribution in [0.15, 0.2) is 167 Å². The van der Waals surface area contributed by atoms with Crippen LogP contribution >= 0.6 is 0 Å². The Morgan fingerprint density at radius 3 is 0.764 bits per heavy atom. The minimum atomic E-state index is -1.50. The topological polar surface area (TPSA) is 655 Å². The third kappa shape index (κ3) is 44.1. The van der Waals surface area contributed by atoms with Gasteiger partial charge >= 0.3 is 24.4 Å². The average Bonchev–Trinajstić information content (AvgIpc) is 0.851. The number of guanidine groups is 4. The second-order valence-corrected chi connectivity index (χ2v) is 28.6. The Kier molecular flexibility index (Phi) is 47.0. The summed E-state index contributed by atoms with van der Waals surface area (Å²) in [5.41, 5.74) is 48.2. The molecule has 123 heavy (non-hydrogen) atoms. The van der Waals surface area contributed by atoms with E-state index >= 15 is 4.79 Å². The van der Waals surface area contributed by atoms with E-state index in [4.69, 9.17) is 70.2 Å². The minimum Gasteiger partial charge on any atom is -0.445 e. The summed E-state index contributed by atoms with van der Waals surface area (Å²) in [6.45, 7) is -0.108. The van der Waals surface area contributed by atoms with E-state index in [-0.39, 0.29) is 199 Å². The van der Waals surface area contributed by atoms with Gasteiger partial charge in [0, 0.05) is 52.2 Å². The smallest absolute Gasteiger partial charge is 0.408 e. The molecule has 0 saturated carbocycles. The van der Waals surface area contributed by atoms with Crippen LogP contribution in [0.1, 0.15) is 137 Å². The van der Waals surface area contributed by atoms with E-state index in [0.717, 1.165) is 0 Å². The zero-order valence-electron chi connectivity index (χ0n) is 69.1. The van der Waals surface area contributed by atoms with Crippen LogP contribution in [0.25, 0.3) is 0 Å². The SMILES string of the molecule is N=C(N)NCCCC(NC(=O)OCc1ccccc1)C(=O)NCCCC[C@@H](NC(=O)[C@H](CCCN=C(N)N)NC(=O)OCc1ccccc1)C(=O)N[C@H](CCCCNC(=O)[C@@H](CCCCNC(=O)[C@H](CCCN=C(N)N)NC(=O)OCc1ccccc1)NC(=O)[C@H](CCCN=C(N)N)NC(=O)OCc1ccccc1)C(=O)N[C@H](Cc1ccccc1)C(N)=O. The van der Waals surface area contributed by atoms with Gasteiger partial charge in [-0.1, -0.05) is 152 Å². The Labute approximate surface area is 714 Å². The molecule has 8 atom stereocenters. The van der Waals surface area contributed by atoms with Crippen LogP contribution in [0.5, 0.6) is 0 Å². The highest BCUT2D eigenvalue weighted by Crippen LogP contribution is 2.15. The zero-order chi connectivity index (χ0) is 89.4. The van der Waals surface area contributed by atoms with E-state index in [9.17, 15) is 52.7 Å². The van der Waals surface area contributed by atoms with Crippen LogP contribution in [0, 0.1) is 5.41 Å². The van der Waals surface area contributed by atoms with E-state index in [1.54, 1.807) is 146 Å². The van der Waals surface area contributed by atoms with E-state index < -0.39 is 120 Å². The normalized spacial score (nSPS) is 12.6. The summed E-state index contributed by atoms with van der Waals surface area (Å²) in [5.74, 6) is -7.09. The number of amides is 12. The maximum absolute atomic E-state index is 15.1. The third-order valence-electron chi connectivity index (χ3n) is 18.6. The summed E-state index contributed by atoms with van der Waals surface area (Å²) in [6.07, 6.45) is -2.23. The van der Waals surface area contributed by atoms with Crippen LogP contribution in [0.3, 0.4) is 0 Å². The maximum Gasteiger partial charge on any atom is 0.408 e.